The van der Waals surface area contributed by atoms with Crippen molar-refractivity contribution in [1.29, 1.82) is 0 Å². The predicted molar refractivity (Wildman–Crippen MR) is 115 cm³/mol. The van der Waals surface area contributed by atoms with Gasteiger partial charge < -0.3 is 15.2 Å². The van der Waals surface area contributed by atoms with Gasteiger partial charge in [-0.15, -0.1) is 0 Å². The summed E-state index contributed by atoms with van der Waals surface area (Å²) in [6, 6.07) is 16.6. The van der Waals surface area contributed by atoms with E-state index >= 15 is 0 Å². The average molecular weight is 394 g/mol. The normalized spacial score (nSPS) is 23.0. The van der Waals surface area contributed by atoms with E-state index in [1.807, 2.05) is 31.2 Å². The van der Waals surface area contributed by atoms with Gasteiger partial charge in [-0.1, -0.05) is 68.3 Å². The van der Waals surface area contributed by atoms with Crippen LogP contribution in [0, 0.1) is 11.8 Å². The molecule has 0 spiro atoms. The summed E-state index contributed by atoms with van der Waals surface area (Å²) >= 11 is 0. The van der Waals surface area contributed by atoms with Crippen molar-refractivity contribution in [1.82, 2.24) is 5.32 Å². The highest BCUT2D eigenvalue weighted by Crippen LogP contribution is 2.44. The minimum atomic E-state index is -0.897. The van der Waals surface area contributed by atoms with Crippen molar-refractivity contribution < 1.29 is 14.6 Å². The van der Waals surface area contributed by atoms with E-state index in [-0.39, 0.29) is 18.4 Å². The number of aliphatic hydroxyl groups is 1. The lowest BCUT2D eigenvalue weighted by molar-refractivity contribution is -0.0200. The maximum Gasteiger partial charge on any atom is 0.407 e. The number of rotatable bonds is 5. The maximum absolute atomic E-state index is 12.4. The number of ether oxygens (including phenoxy) is 1. The molecule has 2 aliphatic carbocycles. The molecule has 1 atom stereocenters. The fourth-order valence-electron chi connectivity index (χ4n) is 4.93. The van der Waals surface area contributed by atoms with E-state index in [1.165, 1.54) is 22.3 Å². The molecule has 0 heterocycles. The lowest BCUT2D eigenvalue weighted by atomic mass is 9.74. The van der Waals surface area contributed by atoms with Crippen LogP contribution in [0.2, 0.25) is 0 Å². The summed E-state index contributed by atoms with van der Waals surface area (Å²) in [4.78, 5) is 12.4. The zero-order valence-electron chi connectivity index (χ0n) is 17.4. The summed E-state index contributed by atoms with van der Waals surface area (Å²) in [6.45, 7) is 4.61. The highest BCUT2D eigenvalue weighted by molar-refractivity contribution is 5.79. The summed E-state index contributed by atoms with van der Waals surface area (Å²) in [5.41, 5.74) is 3.93. The van der Waals surface area contributed by atoms with E-state index < -0.39 is 11.7 Å². The molecule has 0 bridgehead atoms. The van der Waals surface area contributed by atoms with E-state index in [9.17, 15) is 9.90 Å². The molecule has 4 rings (SSSR count). The van der Waals surface area contributed by atoms with Gasteiger partial charge in [0.25, 0.3) is 0 Å². The standard InChI is InChI=1S/C25H31NO3/c1-17-11-13-18(14-12-17)25(2,28)16-26-24(27)29-15-23-21-9-5-3-7-19(21)20-8-4-6-10-22(20)23/h3-10,17-18,23,28H,11-16H2,1-2H3,(H,26,27). The quantitative estimate of drug-likeness (QED) is 0.743. The Morgan fingerprint density at radius 2 is 1.59 bits per heavy atom. The van der Waals surface area contributed by atoms with Gasteiger partial charge in [0.1, 0.15) is 6.61 Å². The topological polar surface area (TPSA) is 58.6 Å². The largest absolute Gasteiger partial charge is 0.449 e. The lowest BCUT2D eigenvalue weighted by Crippen LogP contribution is -2.47. The molecule has 0 radical (unpaired) electrons. The van der Waals surface area contributed by atoms with Crippen molar-refractivity contribution in [2.24, 2.45) is 11.8 Å². The number of hydrogen-bond acceptors (Lipinski definition) is 3. The maximum atomic E-state index is 12.4. The van der Waals surface area contributed by atoms with Gasteiger partial charge >= 0.3 is 6.09 Å². The summed E-state index contributed by atoms with van der Waals surface area (Å²) in [7, 11) is 0. The van der Waals surface area contributed by atoms with Gasteiger partial charge in [-0.25, -0.2) is 4.79 Å². The monoisotopic (exact) mass is 393 g/mol. The van der Waals surface area contributed by atoms with Crippen LogP contribution in [-0.2, 0) is 4.74 Å². The van der Waals surface area contributed by atoms with Crippen molar-refractivity contribution in [2.45, 2.75) is 51.0 Å². The van der Waals surface area contributed by atoms with Gasteiger partial charge in [-0.3, -0.25) is 0 Å². The van der Waals surface area contributed by atoms with E-state index in [0.717, 1.165) is 31.6 Å². The molecule has 0 aliphatic heterocycles. The average Bonchev–Trinajstić information content (AvgIpc) is 3.05. The zero-order valence-corrected chi connectivity index (χ0v) is 17.4. The fraction of sp³-hybridized carbons (Fsp3) is 0.480. The first-order valence-corrected chi connectivity index (χ1v) is 10.8. The number of fused-ring (bicyclic) bond motifs is 3. The molecule has 0 saturated heterocycles. The highest BCUT2D eigenvalue weighted by atomic mass is 16.5. The molecule has 154 valence electrons. The van der Waals surface area contributed by atoms with Crippen LogP contribution in [-0.4, -0.2) is 30.0 Å². The molecule has 0 aromatic heterocycles. The number of nitrogens with one attached hydrogen (secondary N) is 1. The second-order valence-electron chi connectivity index (χ2n) is 8.99. The number of carbonyl (C=O) groups excluding carboxylic acids is 1. The van der Waals surface area contributed by atoms with E-state index in [4.69, 9.17) is 4.74 Å². The smallest absolute Gasteiger partial charge is 0.407 e. The first-order valence-electron chi connectivity index (χ1n) is 10.8. The van der Waals surface area contributed by atoms with Crippen LogP contribution in [0.4, 0.5) is 4.79 Å². The Balaban J connectivity index is 1.34. The molecule has 2 aromatic rings. The molecule has 1 saturated carbocycles. The minimum Gasteiger partial charge on any atom is -0.449 e. The number of hydrogen-bond donors (Lipinski definition) is 2. The molecule has 1 amide bonds. The number of amides is 1. The molecule has 4 heteroatoms. The Kier molecular flexibility index (Phi) is 5.64. The van der Waals surface area contributed by atoms with Crippen LogP contribution in [0.15, 0.2) is 48.5 Å². The van der Waals surface area contributed by atoms with Crippen LogP contribution in [0.1, 0.15) is 56.6 Å². The van der Waals surface area contributed by atoms with Crippen LogP contribution in [0.3, 0.4) is 0 Å². The van der Waals surface area contributed by atoms with Gasteiger partial charge in [-0.05, 0) is 53.9 Å². The molecule has 2 aromatic carbocycles. The molecule has 1 unspecified atom stereocenters. The second kappa shape index (κ2) is 8.19. The molecule has 4 nitrogen and oxygen atoms in total. The molecule has 1 fully saturated rings. The van der Waals surface area contributed by atoms with Crippen LogP contribution < -0.4 is 5.32 Å². The van der Waals surface area contributed by atoms with Gasteiger partial charge in [0.15, 0.2) is 0 Å². The number of benzene rings is 2. The third-order valence-electron chi connectivity index (χ3n) is 6.83. The van der Waals surface area contributed by atoms with Crippen molar-refractivity contribution in [2.75, 3.05) is 13.2 Å². The van der Waals surface area contributed by atoms with E-state index in [0.29, 0.717) is 6.61 Å². The van der Waals surface area contributed by atoms with Crippen molar-refractivity contribution in [3.63, 3.8) is 0 Å². The van der Waals surface area contributed by atoms with Gasteiger partial charge in [0.2, 0.25) is 0 Å². The lowest BCUT2D eigenvalue weighted by Gasteiger charge is -2.37. The summed E-state index contributed by atoms with van der Waals surface area (Å²) in [6.07, 6.45) is 3.86. The Bertz CT molecular complexity index is 822. The van der Waals surface area contributed by atoms with Crippen molar-refractivity contribution in [3.05, 3.63) is 59.7 Å². The van der Waals surface area contributed by atoms with E-state index in [1.54, 1.807) is 0 Å². The SMILES string of the molecule is CC1CCC(C(C)(O)CNC(=O)OCC2c3ccccc3-c3ccccc32)CC1. The van der Waals surface area contributed by atoms with Gasteiger partial charge in [0.05, 0.1) is 5.60 Å². The van der Waals surface area contributed by atoms with Crippen LogP contribution in [0.25, 0.3) is 11.1 Å². The first-order chi connectivity index (χ1) is 14.0. The molecular weight excluding hydrogens is 362 g/mol. The highest BCUT2D eigenvalue weighted by Gasteiger charge is 2.35. The Hall–Kier alpha value is -2.33. The Morgan fingerprint density at radius 1 is 1.03 bits per heavy atom. The second-order valence-corrected chi connectivity index (χ2v) is 8.99. The third-order valence-corrected chi connectivity index (χ3v) is 6.83. The fourth-order valence-corrected chi connectivity index (χ4v) is 4.93. The summed E-state index contributed by atoms with van der Waals surface area (Å²) in [5.74, 6) is 1.01. The van der Waals surface area contributed by atoms with E-state index in [2.05, 4.69) is 36.5 Å². The molecule has 29 heavy (non-hydrogen) atoms. The van der Waals surface area contributed by atoms with Crippen LogP contribution >= 0.6 is 0 Å². The molecular formula is C25H31NO3. The van der Waals surface area contributed by atoms with Gasteiger partial charge in [0, 0.05) is 12.5 Å². The zero-order chi connectivity index (χ0) is 20.4. The third kappa shape index (κ3) is 4.18. The molecule has 2 N–H and O–H groups in total. The number of carbonyl (C=O) groups is 1. The molecule has 2 aliphatic rings. The predicted octanol–water partition coefficient (Wildman–Crippen LogP) is 5.10. The first kappa shape index (κ1) is 20.0. The Morgan fingerprint density at radius 3 is 2.17 bits per heavy atom. The van der Waals surface area contributed by atoms with Gasteiger partial charge in [-0.2, -0.15) is 0 Å². The minimum absolute atomic E-state index is 0.0495. The van der Waals surface area contributed by atoms with Crippen LogP contribution in [0.5, 0.6) is 0 Å². The summed E-state index contributed by atoms with van der Waals surface area (Å²) < 4.78 is 5.58. The summed E-state index contributed by atoms with van der Waals surface area (Å²) in [5, 5.41) is 13.6. The van der Waals surface area contributed by atoms with Crippen molar-refractivity contribution >= 4 is 6.09 Å². The van der Waals surface area contributed by atoms with Crippen molar-refractivity contribution in [3.8, 4) is 11.1 Å². The number of alkyl carbamates (subject to hydrolysis) is 1. The Labute approximate surface area is 173 Å².